The number of hydrogen-bond acceptors (Lipinski definition) is 6. The lowest BCUT2D eigenvalue weighted by molar-refractivity contribution is 0.573. The molecule has 0 radical (unpaired) electrons. The van der Waals surface area contributed by atoms with E-state index >= 15 is 0 Å². The molecule has 9 nitrogen and oxygen atoms in total. The van der Waals surface area contributed by atoms with E-state index in [0.29, 0.717) is 18.5 Å². The van der Waals surface area contributed by atoms with Gasteiger partial charge in [-0.05, 0) is 6.54 Å². The summed E-state index contributed by atoms with van der Waals surface area (Å²) in [5.74, 6) is 0.718. The molecule has 0 saturated heterocycles. The number of aromatic nitrogens is 5. The van der Waals surface area contributed by atoms with Crippen molar-refractivity contribution in [3.63, 3.8) is 0 Å². The zero-order chi connectivity index (χ0) is 15.3. The predicted molar refractivity (Wildman–Crippen MR) is 75.9 cm³/mol. The van der Waals surface area contributed by atoms with E-state index in [-0.39, 0.29) is 11.6 Å². The summed E-state index contributed by atoms with van der Waals surface area (Å²) >= 11 is 0. The Balaban J connectivity index is 1.98. The first kappa shape index (κ1) is 15.6. The molecule has 0 unspecified atom stereocenters. The Morgan fingerprint density at radius 2 is 2.24 bits per heavy atom. The first-order valence-electron chi connectivity index (χ1n) is 6.60. The first-order chi connectivity index (χ1) is 10.0. The van der Waals surface area contributed by atoms with Crippen molar-refractivity contribution < 1.29 is 8.42 Å². The van der Waals surface area contributed by atoms with Crippen LogP contribution in [-0.4, -0.2) is 46.5 Å². The molecule has 10 heteroatoms. The maximum Gasteiger partial charge on any atom is 0.257 e. The minimum absolute atomic E-state index is 0.0985. The minimum atomic E-state index is -3.61. The van der Waals surface area contributed by atoms with Gasteiger partial charge in [0.05, 0.1) is 6.20 Å². The largest absolute Gasteiger partial charge is 0.321 e. The van der Waals surface area contributed by atoms with Crippen LogP contribution in [0.2, 0.25) is 0 Å². The van der Waals surface area contributed by atoms with Gasteiger partial charge in [0.25, 0.3) is 10.0 Å². The lowest BCUT2D eigenvalue weighted by atomic mass is 10.3. The molecular weight excluding hydrogens is 294 g/mol. The third-order valence-electron chi connectivity index (χ3n) is 2.96. The fourth-order valence-electron chi connectivity index (χ4n) is 1.82. The van der Waals surface area contributed by atoms with E-state index in [1.165, 1.54) is 6.20 Å². The second-order valence-corrected chi connectivity index (χ2v) is 6.21. The minimum Gasteiger partial charge on any atom is -0.321 e. The molecule has 21 heavy (non-hydrogen) atoms. The highest BCUT2D eigenvalue weighted by Crippen LogP contribution is 2.11. The molecule has 0 atom stereocenters. The van der Waals surface area contributed by atoms with Crippen molar-refractivity contribution in [1.82, 2.24) is 35.0 Å². The molecule has 0 spiro atoms. The van der Waals surface area contributed by atoms with E-state index in [9.17, 15) is 8.42 Å². The third kappa shape index (κ3) is 3.86. The molecule has 116 valence electrons. The molecule has 0 saturated carbocycles. The van der Waals surface area contributed by atoms with Gasteiger partial charge < -0.3 is 9.88 Å². The van der Waals surface area contributed by atoms with E-state index in [4.69, 9.17) is 0 Å². The highest BCUT2D eigenvalue weighted by atomic mass is 32.2. The fraction of sp³-hybridized carbons (Fsp3) is 0.545. The van der Waals surface area contributed by atoms with Gasteiger partial charge in [0.2, 0.25) is 0 Å². The average Bonchev–Trinajstić information content (AvgIpc) is 3.06. The van der Waals surface area contributed by atoms with Crippen LogP contribution in [0, 0.1) is 0 Å². The second kappa shape index (κ2) is 6.78. The molecule has 0 amide bonds. The summed E-state index contributed by atoms with van der Waals surface area (Å²) in [6, 6.07) is 0. The van der Waals surface area contributed by atoms with Gasteiger partial charge in [-0.3, -0.25) is 5.10 Å². The van der Waals surface area contributed by atoms with Crippen LogP contribution in [0.25, 0.3) is 0 Å². The molecule has 2 heterocycles. The highest BCUT2D eigenvalue weighted by Gasteiger charge is 2.20. The summed E-state index contributed by atoms with van der Waals surface area (Å²) < 4.78 is 28.8. The third-order valence-corrected chi connectivity index (χ3v) is 4.43. The molecule has 0 aromatic carbocycles. The van der Waals surface area contributed by atoms with Crippen molar-refractivity contribution in [3.05, 3.63) is 23.9 Å². The number of hydrogen-bond donors (Lipinski definition) is 3. The zero-order valence-electron chi connectivity index (χ0n) is 12.0. The van der Waals surface area contributed by atoms with E-state index in [1.807, 2.05) is 14.0 Å². The molecule has 3 N–H and O–H groups in total. The molecule has 0 aliphatic heterocycles. The van der Waals surface area contributed by atoms with E-state index < -0.39 is 10.0 Å². The topological polar surface area (TPSA) is 118 Å². The Hall–Kier alpha value is -1.78. The lowest BCUT2D eigenvalue weighted by Gasteiger charge is -2.07. The Morgan fingerprint density at radius 1 is 1.43 bits per heavy atom. The predicted octanol–water partition coefficient (Wildman–Crippen LogP) is -0.831. The van der Waals surface area contributed by atoms with Crippen LogP contribution in [0.15, 0.2) is 17.6 Å². The molecular formula is C11H19N7O2S. The maximum absolute atomic E-state index is 12.2. The van der Waals surface area contributed by atoms with Gasteiger partial charge in [0, 0.05) is 32.1 Å². The van der Waals surface area contributed by atoms with Crippen LogP contribution in [-0.2, 0) is 30.0 Å². The van der Waals surface area contributed by atoms with Gasteiger partial charge in [-0.2, -0.15) is 5.10 Å². The first-order valence-corrected chi connectivity index (χ1v) is 8.08. The number of nitrogens with zero attached hydrogens (tertiary/aromatic N) is 4. The summed E-state index contributed by atoms with van der Waals surface area (Å²) in [5.41, 5.74) is 0.614. The van der Waals surface area contributed by atoms with Gasteiger partial charge in [0.15, 0.2) is 5.03 Å². The highest BCUT2D eigenvalue weighted by molar-refractivity contribution is 7.89. The van der Waals surface area contributed by atoms with Crippen molar-refractivity contribution in [3.8, 4) is 0 Å². The number of nitrogens with one attached hydrogen (secondary N) is 3. The Labute approximate surface area is 123 Å². The molecule has 2 aromatic heterocycles. The fourth-order valence-corrected chi connectivity index (χ4v) is 2.98. The summed E-state index contributed by atoms with van der Waals surface area (Å²) in [5, 5.41) is 17.2. The van der Waals surface area contributed by atoms with Crippen molar-refractivity contribution in [2.24, 2.45) is 7.05 Å². The summed E-state index contributed by atoms with van der Waals surface area (Å²) in [7, 11) is -1.80. The molecule has 0 aliphatic rings. The second-order valence-electron chi connectivity index (χ2n) is 4.51. The van der Waals surface area contributed by atoms with Crippen LogP contribution in [0.3, 0.4) is 0 Å². The molecule has 0 aliphatic carbocycles. The van der Waals surface area contributed by atoms with Crippen LogP contribution < -0.4 is 10.0 Å². The Bertz CT molecular complexity index is 676. The molecule has 2 rings (SSSR count). The lowest BCUT2D eigenvalue weighted by Crippen LogP contribution is -2.28. The number of sulfonamides is 1. The van der Waals surface area contributed by atoms with Gasteiger partial charge in [-0.1, -0.05) is 6.92 Å². The molecule has 2 aromatic rings. The number of H-pyrrole nitrogens is 1. The maximum atomic E-state index is 12.2. The zero-order valence-corrected chi connectivity index (χ0v) is 12.8. The summed E-state index contributed by atoms with van der Waals surface area (Å²) in [4.78, 5) is 0. The van der Waals surface area contributed by atoms with E-state index in [2.05, 4.69) is 30.4 Å². The quantitative estimate of drug-likeness (QED) is 0.585. The van der Waals surface area contributed by atoms with Gasteiger partial charge in [-0.25, -0.2) is 13.1 Å². The molecule has 0 fully saturated rings. The van der Waals surface area contributed by atoms with Crippen LogP contribution in [0.4, 0.5) is 0 Å². The van der Waals surface area contributed by atoms with Crippen molar-refractivity contribution in [2.75, 3.05) is 13.1 Å². The summed E-state index contributed by atoms with van der Waals surface area (Å²) in [6.45, 7) is 3.40. The van der Waals surface area contributed by atoms with Gasteiger partial charge >= 0.3 is 0 Å². The number of aromatic amines is 1. The van der Waals surface area contributed by atoms with Gasteiger partial charge in [0.1, 0.15) is 12.2 Å². The normalized spacial score (nSPS) is 11.9. The van der Waals surface area contributed by atoms with Crippen molar-refractivity contribution in [1.29, 1.82) is 0 Å². The standard InChI is InChI=1S/C11H19N7O2S/c1-3-12-6-9-7-13-17-11(9)21(19,20)15-5-4-10-16-14-8-18(10)2/h7-8,12,15H,3-6H2,1-2H3,(H,13,17). The van der Waals surface area contributed by atoms with Crippen molar-refractivity contribution in [2.45, 2.75) is 24.9 Å². The smallest absolute Gasteiger partial charge is 0.257 e. The molecule has 0 bridgehead atoms. The van der Waals surface area contributed by atoms with Crippen molar-refractivity contribution >= 4 is 10.0 Å². The number of rotatable bonds is 8. The summed E-state index contributed by atoms with van der Waals surface area (Å²) in [6.07, 6.45) is 3.56. The monoisotopic (exact) mass is 313 g/mol. The SMILES string of the molecule is CCNCc1cn[nH]c1S(=O)(=O)NCCc1nncn1C. The van der Waals surface area contributed by atoms with Crippen LogP contribution in [0.1, 0.15) is 18.3 Å². The van der Waals surface area contributed by atoms with Gasteiger partial charge in [-0.15, -0.1) is 10.2 Å². The Morgan fingerprint density at radius 3 is 2.90 bits per heavy atom. The Kier molecular flexibility index (Phi) is 5.04. The van der Waals surface area contributed by atoms with Crippen LogP contribution >= 0.6 is 0 Å². The van der Waals surface area contributed by atoms with Crippen LogP contribution in [0.5, 0.6) is 0 Å². The van der Waals surface area contributed by atoms with E-state index in [0.717, 1.165) is 12.4 Å². The average molecular weight is 313 g/mol. The van der Waals surface area contributed by atoms with E-state index in [1.54, 1.807) is 10.9 Å². The number of aryl methyl sites for hydroxylation is 1.